The van der Waals surface area contributed by atoms with Gasteiger partial charge in [0.15, 0.2) is 6.61 Å². The molecule has 0 saturated heterocycles. The molecule has 0 bridgehead atoms. The van der Waals surface area contributed by atoms with Gasteiger partial charge >= 0.3 is 0 Å². The fraction of sp³-hybridized carbons (Fsp3) is 0.316. The minimum atomic E-state index is -2.66. The first-order valence-electron chi connectivity index (χ1n) is 8.67. The predicted octanol–water partition coefficient (Wildman–Crippen LogP) is 3.86. The Bertz CT molecular complexity index is 892. The standard InChI is InChI=1S/C19H21F3N4O2S/c1-4-29(27)26(16-8-5-13(2)17(20)9-16)11-15-7-6-14(10-24-15)19(25-23-3)28-12-18(21)22/h5-10,18H,3-4,11-12H2,1-2H3/b25-19-. The quantitative estimate of drug-likeness (QED) is 0.347. The number of rotatable bonds is 9. The Kier molecular flexibility index (Phi) is 8.32. The molecule has 1 aromatic heterocycles. The van der Waals surface area contributed by atoms with Crippen molar-refractivity contribution in [3.05, 3.63) is 59.2 Å². The molecular weight excluding hydrogens is 405 g/mol. The summed E-state index contributed by atoms with van der Waals surface area (Å²) in [6, 6.07) is 7.83. The molecule has 0 N–H and O–H groups in total. The van der Waals surface area contributed by atoms with Gasteiger partial charge in [0.25, 0.3) is 6.43 Å². The highest BCUT2D eigenvalue weighted by Gasteiger charge is 2.16. The second-order valence-corrected chi connectivity index (χ2v) is 7.53. The second-order valence-electron chi connectivity index (χ2n) is 5.87. The lowest BCUT2D eigenvalue weighted by Crippen LogP contribution is -2.27. The van der Waals surface area contributed by atoms with E-state index in [9.17, 15) is 17.4 Å². The van der Waals surface area contributed by atoms with Crippen molar-refractivity contribution in [1.29, 1.82) is 0 Å². The number of aromatic nitrogens is 1. The van der Waals surface area contributed by atoms with Crippen LogP contribution in [0.5, 0.6) is 0 Å². The maximum atomic E-state index is 14.0. The van der Waals surface area contributed by atoms with Gasteiger partial charge in [-0.1, -0.05) is 13.0 Å². The summed E-state index contributed by atoms with van der Waals surface area (Å²) in [7, 11) is -1.38. The van der Waals surface area contributed by atoms with E-state index >= 15 is 0 Å². The van der Waals surface area contributed by atoms with Crippen molar-refractivity contribution in [2.75, 3.05) is 16.7 Å². The molecule has 0 aliphatic carbocycles. The van der Waals surface area contributed by atoms with Crippen molar-refractivity contribution in [2.45, 2.75) is 26.8 Å². The number of hydrogen-bond acceptors (Lipinski definition) is 5. The summed E-state index contributed by atoms with van der Waals surface area (Å²) in [6.45, 7) is 5.92. The summed E-state index contributed by atoms with van der Waals surface area (Å²) in [6.07, 6.45) is -1.28. The minimum absolute atomic E-state index is 0.131. The summed E-state index contributed by atoms with van der Waals surface area (Å²) in [5.41, 5.74) is 1.84. The number of aryl methyl sites for hydroxylation is 1. The number of ether oxygens (including phenoxy) is 1. The molecule has 1 heterocycles. The molecule has 1 atom stereocenters. The SMILES string of the molecule is C=N/N=C(\OCC(F)F)c1ccc(CN(c2ccc(C)c(F)c2)S(=O)CC)nc1. The Morgan fingerprint density at radius 2 is 2.10 bits per heavy atom. The van der Waals surface area contributed by atoms with E-state index < -0.39 is 29.8 Å². The van der Waals surface area contributed by atoms with Crippen LogP contribution in [0, 0.1) is 12.7 Å². The lowest BCUT2D eigenvalue weighted by atomic mass is 10.2. The summed E-state index contributed by atoms with van der Waals surface area (Å²) >= 11 is 0. The van der Waals surface area contributed by atoms with E-state index in [0.29, 0.717) is 28.3 Å². The number of pyridine rings is 1. The molecule has 0 aliphatic rings. The van der Waals surface area contributed by atoms with Crippen molar-refractivity contribution in [3.63, 3.8) is 0 Å². The third-order valence-electron chi connectivity index (χ3n) is 3.82. The normalized spacial score (nSPS) is 12.7. The second kappa shape index (κ2) is 10.7. The molecule has 10 heteroatoms. The van der Waals surface area contributed by atoms with Crippen LogP contribution in [0.15, 0.2) is 46.7 Å². The van der Waals surface area contributed by atoms with Crippen LogP contribution < -0.4 is 4.31 Å². The fourth-order valence-electron chi connectivity index (χ4n) is 2.34. The molecular formula is C19H21F3N4O2S. The summed E-state index contributed by atoms with van der Waals surface area (Å²) in [5, 5.41) is 6.91. The smallest absolute Gasteiger partial charge is 0.272 e. The van der Waals surface area contributed by atoms with Gasteiger partial charge in [0.2, 0.25) is 5.90 Å². The van der Waals surface area contributed by atoms with Crippen molar-refractivity contribution in [3.8, 4) is 0 Å². The molecule has 0 amide bonds. The Balaban J connectivity index is 2.24. The van der Waals surface area contributed by atoms with Crippen LogP contribution in [0.3, 0.4) is 0 Å². The zero-order chi connectivity index (χ0) is 21.4. The van der Waals surface area contributed by atoms with Crippen molar-refractivity contribution in [2.24, 2.45) is 10.2 Å². The molecule has 0 spiro atoms. The fourth-order valence-corrected chi connectivity index (χ4v) is 3.28. The lowest BCUT2D eigenvalue weighted by Gasteiger charge is -2.23. The minimum Gasteiger partial charge on any atom is -0.470 e. The number of anilines is 1. The third kappa shape index (κ3) is 6.38. The topological polar surface area (TPSA) is 67.2 Å². The molecule has 2 aromatic rings. The molecule has 0 aliphatic heterocycles. The van der Waals surface area contributed by atoms with Crippen LogP contribution in [-0.4, -0.2) is 40.6 Å². The molecule has 0 radical (unpaired) electrons. The molecule has 1 aromatic carbocycles. The van der Waals surface area contributed by atoms with E-state index in [1.807, 2.05) is 0 Å². The average Bonchev–Trinajstić information content (AvgIpc) is 2.71. The van der Waals surface area contributed by atoms with Crippen LogP contribution >= 0.6 is 0 Å². The maximum absolute atomic E-state index is 14.0. The highest BCUT2D eigenvalue weighted by Crippen LogP contribution is 2.22. The molecule has 156 valence electrons. The van der Waals surface area contributed by atoms with E-state index in [1.54, 1.807) is 38.1 Å². The Morgan fingerprint density at radius 1 is 1.34 bits per heavy atom. The largest absolute Gasteiger partial charge is 0.470 e. The van der Waals surface area contributed by atoms with Crippen LogP contribution in [0.1, 0.15) is 23.7 Å². The lowest BCUT2D eigenvalue weighted by molar-refractivity contribution is 0.0765. The van der Waals surface area contributed by atoms with Gasteiger partial charge in [0.1, 0.15) is 16.8 Å². The van der Waals surface area contributed by atoms with Gasteiger partial charge in [-0.15, -0.1) is 5.10 Å². The Morgan fingerprint density at radius 3 is 2.66 bits per heavy atom. The van der Waals surface area contributed by atoms with Gasteiger partial charge in [-0.3, -0.25) is 9.29 Å². The monoisotopic (exact) mass is 426 g/mol. The zero-order valence-corrected chi connectivity index (χ0v) is 16.8. The molecule has 0 saturated carbocycles. The molecule has 1 unspecified atom stereocenters. The van der Waals surface area contributed by atoms with Crippen molar-refractivity contribution < 1.29 is 22.1 Å². The van der Waals surface area contributed by atoms with E-state index in [0.717, 1.165) is 0 Å². The van der Waals surface area contributed by atoms with Gasteiger partial charge in [0.05, 0.1) is 23.5 Å². The first-order valence-corrected chi connectivity index (χ1v) is 9.95. The number of benzene rings is 1. The average molecular weight is 426 g/mol. The van der Waals surface area contributed by atoms with Gasteiger partial charge in [-0.25, -0.2) is 17.4 Å². The summed E-state index contributed by atoms with van der Waals surface area (Å²) in [5.74, 6) is -0.177. The van der Waals surface area contributed by atoms with Crippen LogP contribution in [0.25, 0.3) is 0 Å². The summed E-state index contributed by atoms with van der Waals surface area (Å²) in [4.78, 5) is 4.25. The number of hydrogen-bond donors (Lipinski definition) is 0. The van der Waals surface area contributed by atoms with E-state index in [4.69, 9.17) is 4.74 Å². The number of halogens is 3. The van der Waals surface area contributed by atoms with Gasteiger partial charge < -0.3 is 4.74 Å². The van der Waals surface area contributed by atoms with Crippen LogP contribution in [-0.2, 0) is 22.3 Å². The van der Waals surface area contributed by atoms with E-state index in [1.165, 1.54) is 16.6 Å². The van der Waals surface area contributed by atoms with Gasteiger partial charge in [-0.2, -0.15) is 5.10 Å². The van der Waals surface area contributed by atoms with Crippen LogP contribution in [0.4, 0.5) is 18.9 Å². The van der Waals surface area contributed by atoms with Crippen molar-refractivity contribution >= 4 is 29.3 Å². The predicted molar refractivity (Wildman–Crippen MR) is 108 cm³/mol. The zero-order valence-electron chi connectivity index (χ0n) is 16.0. The number of nitrogens with zero attached hydrogens (tertiary/aromatic N) is 4. The van der Waals surface area contributed by atoms with Gasteiger partial charge in [0, 0.05) is 18.7 Å². The highest BCUT2D eigenvalue weighted by atomic mass is 32.2. The molecule has 29 heavy (non-hydrogen) atoms. The Hall–Kier alpha value is -2.75. The van der Waals surface area contributed by atoms with E-state index in [-0.39, 0.29) is 12.4 Å². The third-order valence-corrected chi connectivity index (χ3v) is 5.15. The first-order chi connectivity index (χ1) is 13.8. The highest BCUT2D eigenvalue weighted by molar-refractivity contribution is 7.86. The van der Waals surface area contributed by atoms with E-state index in [2.05, 4.69) is 21.9 Å². The van der Waals surface area contributed by atoms with Crippen LogP contribution in [0.2, 0.25) is 0 Å². The summed E-state index contributed by atoms with van der Waals surface area (Å²) < 4.78 is 57.7. The van der Waals surface area contributed by atoms with Gasteiger partial charge in [-0.05, 0) is 36.8 Å². The van der Waals surface area contributed by atoms with Crippen molar-refractivity contribution in [1.82, 2.24) is 4.98 Å². The number of alkyl halides is 2. The molecule has 2 rings (SSSR count). The first kappa shape index (κ1) is 22.5. The maximum Gasteiger partial charge on any atom is 0.272 e. The molecule has 0 fully saturated rings. The Labute approximate surface area is 169 Å². The molecule has 6 nitrogen and oxygen atoms in total.